The van der Waals surface area contributed by atoms with E-state index in [0.29, 0.717) is 16.7 Å². The van der Waals surface area contributed by atoms with Crippen LogP contribution in [0, 0.1) is 29.5 Å². The molecule has 3 rings (SSSR count). The Morgan fingerprint density at radius 3 is 2.38 bits per heavy atom. The van der Waals surface area contributed by atoms with Crippen LogP contribution in [0.25, 0.3) is 22.4 Å². The summed E-state index contributed by atoms with van der Waals surface area (Å²) in [6, 6.07) is 13.1. The molecule has 0 fully saturated rings. The lowest BCUT2D eigenvalue weighted by Crippen LogP contribution is -2.06. The van der Waals surface area contributed by atoms with Gasteiger partial charge in [0, 0.05) is 29.0 Å². The van der Waals surface area contributed by atoms with Gasteiger partial charge < -0.3 is 22.0 Å². The lowest BCUT2D eigenvalue weighted by atomic mass is 9.92. The number of carbonyl (C=O) groups is 1. The first-order valence-electron chi connectivity index (χ1n) is 8.33. The first-order chi connectivity index (χ1) is 13.9. The molecule has 0 saturated carbocycles. The number of phenolic OH excluding ortho intramolecular Hbond substituents is 1. The molecule has 0 saturated heterocycles. The second kappa shape index (κ2) is 9.10. The molecule has 1 heterocycles. The van der Waals surface area contributed by atoms with E-state index >= 15 is 0 Å². The van der Waals surface area contributed by atoms with Crippen LogP contribution < -0.4 is 11.5 Å². The monoisotopic (exact) mass is 391 g/mol. The minimum atomic E-state index is -0.717. The molecule has 7 nitrogen and oxygen atoms in total. The topological polar surface area (TPSA) is 150 Å². The van der Waals surface area contributed by atoms with E-state index in [0.717, 1.165) is 17.8 Å². The van der Waals surface area contributed by atoms with Gasteiger partial charge in [-0.25, -0.2) is 9.37 Å². The number of rotatable bonds is 3. The highest BCUT2D eigenvalue weighted by molar-refractivity contribution is 5.98. The number of phenols is 1. The average Bonchev–Trinajstić information content (AvgIpc) is 2.68. The van der Waals surface area contributed by atoms with E-state index in [1.54, 1.807) is 0 Å². The highest BCUT2D eigenvalue weighted by atomic mass is 19.1. The van der Waals surface area contributed by atoms with Crippen molar-refractivity contribution in [3.05, 3.63) is 65.0 Å². The van der Waals surface area contributed by atoms with E-state index in [9.17, 15) is 14.8 Å². The first kappa shape index (κ1) is 21.1. The van der Waals surface area contributed by atoms with Crippen LogP contribution in [0.4, 0.5) is 10.2 Å². The van der Waals surface area contributed by atoms with Crippen molar-refractivity contribution < 1.29 is 14.3 Å². The lowest BCUT2D eigenvalue weighted by Gasteiger charge is -2.15. The summed E-state index contributed by atoms with van der Waals surface area (Å²) >= 11 is 0. The van der Waals surface area contributed by atoms with Crippen LogP contribution in [0.15, 0.2) is 42.5 Å². The fraction of sp³-hybridized carbons (Fsp3) is 0.0476. The largest absolute Gasteiger partial charge is 0.508 e. The van der Waals surface area contributed by atoms with Crippen molar-refractivity contribution in [1.82, 2.24) is 4.98 Å². The summed E-state index contributed by atoms with van der Waals surface area (Å²) in [4.78, 5) is 12.7. The Morgan fingerprint density at radius 1 is 1.24 bits per heavy atom. The second-order valence-corrected chi connectivity index (χ2v) is 5.93. The number of nitrogens with one attached hydrogen (secondary N) is 1. The van der Waals surface area contributed by atoms with Gasteiger partial charge in [-0.05, 0) is 24.6 Å². The Kier molecular flexibility index (Phi) is 6.61. The predicted molar refractivity (Wildman–Crippen MR) is 109 cm³/mol. The number of nitriles is 1. The zero-order valence-corrected chi connectivity index (χ0v) is 15.5. The number of benzene rings is 2. The van der Waals surface area contributed by atoms with Crippen molar-refractivity contribution in [3.8, 4) is 34.2 Å². The number of anilines is 1. The minimum Gasteiger partial charge on any atom is -0.508 e. The van der Waals surface area contributed by atoms with Crippen LogP contribution in [0.5, 0.6) is 5.75 Å². The molecule has 0 spiro atoms. The Bertz CT molecular complexity index is 1110. The van der Waals surface area contributed by atoms with Crippen molar-refractivity contribution in [3.63, 3.8) is 0 Å². The number of hydrogen-bond acceptors (Lipinski definition) is 6. The summed E-state index contributed by atoms with van der Waals surface area (Å²) in [5, 5.41) is 26.9. The molecule has 29 heavy (non-hydrogen) atoms. The van der Waals surface area contributed by atoms with Gasteiger partial charge >= 0.3 is 0 Å². The summed E-state index contributed by atoms with van der Waals surface area (Å²) in [5.41, 5.74) is 12.9. The van der Waals surface area contributed by atoms with Gasteiger partial charge in [-0.3, -0.25) is 4.79 Å². The predicted octanol–water partition coefficient (Wildman–Crippen LogP) is 3.12. The SMILES string of the molecule is Cc1ccc(-c2c(C#N)c(-c3ccc(O)cc3F)nc(N)c2C=N)cc1.NC=O. The van der Waals surface area contributed by atoms with Crippen molar-refractivity contribution in [2.75, 3.05) is 5.73 Å². The second-order valence-electron chi connectivity index (χ2n) is 5.93. The number of amides is 1. The number of nitrogens with zero attached hydrogens (tertiary/aromatic N) is 2. The number of primary amides is 1. The number of halogens is 1. The highest BCUT2D eigenvalue weighted by Gasteiger charge is 2.21. The molecule has 0 aliphatic carbocycles. The fourth-order valence-corrected chi connectivity index (χ4v) is 2.78. The van der Waals surface area contributed by atoms with E-state index in [4.69, 9.17) is 15.9 Å². The Hall–Kier alpha value is -4.25. The minimum absolute atomic E-state index is 0.0250. The number of hydrogen-bond donors (Lipinski definition) is 4. The Balaban J connectivity index is 0.000000941. The summed E-state index contributed by atoms with van der Waals surface area (Å²) in [7, 11) is 0. The maximum Gasteiger partial charge on any atom is 0.204 e. The van der Waals surface area contributed by atoms with E-state index in [1.165, 1.54) is 12.1 Å². The zero-order chi connectivity index (χ0) is 21.6. The molecule has 1 amide bonds. The molecule has 2 aromatic carbocycles. The maximum absolute atomic E-state index is 14.4. The van der Waals surface area contributed by atoms with Crippen LogP contribution in [-0.2, 0) is 4.79 Å². The Morgan fingerprint density at radius 2 is 1.86 bits per heavy atom. The van der Waals surface area contributed by atoms with E-state index in [2.05, 4.69) is 16.8 Å². The molecule has 0 atom stereocenters. The first-order valence-corrected chi connectivity index (χ1v) is 8.33. The number of aromatic hydroxyl groups is 1. The standard InChI is InChI=1S/C20H15FN4O.CH3NO/c1-11-2-4-12(5-3-11)18-15(9-22)19(25-20(24)16(18)10-23)14-7-6-13(26)8-17(14)21;2-1-3/h2-8,10,23,26H,1H3,(H2,24,25);1H,(H2,2,3). The lowest BCUT2D eigenvalue weighted by molar-refractivity contribution is -0.106. The molecular formula is C21H18FN5O2. The van der Waals surface area contributed by atoms with E-state index in [1.807, 2.05) is 31.2 Å². The molecule has 1 aromatic heterocycles. The summed E-state index contributed by atoms with van der Waals surface area (Å²) < 4.78 is 14.4. The number of aromatic nitrogens is 1. The Labute approximate surface area is 166 Å². The third-order valence-electron chi connectivity index (χ3n) is 4.07. The van der Waals surface area contributed by atoms with Crippen molar-refractivity contribution in [2.24, 2.45) is 5.73 Å². The summed E-state index contributed by atoms with van der Waals surface area (Å²) in [6.45, 7) is 1.94. The van der Waals surface area contributed by atoms with Crippen LogP contribution in [0.3, 0.4) is 0 Å². The van der Waals surface area contributed by atoms with Gasteiger partial charge in [-0.2, -0.15) is 5.26 Å². The fourth-order valence-electron chi connectivity index (χ4n) is 2.78. The van der Waals surface area contributed by atoms with Gasteiger partial charge in [0.25, 0.3) is 0 Å². The average molecular weight is 391 g/mol. The molecule has 0 aliphatic heterocycles. The molecule has 6 N–H and O–H groups in total. The molecule has 8 heteroatoms. The van der Waals surface area contributed by atoms with Crippen LogP contribution in [0.1, 0.15) is 16.7 Å². The smallest absolute Gasteiger partial charge is 0.204 e. The van der Waals surface area contributed by atoms with Crippen LogP contribution >= 0.6 is 0 Å². The molecule has 146 valence electrons. The van der Waals surface area contributed by atoms with Crippen molar-refractivity contribution in [2.45, 2.75) is 6.92 Å². The molecule has 0 aliphatic rings. The van der Waals surface area contributed by atoms with Gasteiger partial charge in [0.2, 0.25) is 6.41 Å². The molecule has 0 bridgehead atoms. The third kappa shape index (κ3) is 4.36. The number of aryl methyl sites for hydroxylation is 1. The van der Waals surface area contributed by atoms with Crippen molar-refractivity contribution >= 4 is 18.4 Å². The quantitative estimate of drug-likeness (QED) is 0.399. The third-order valence-corrected chi connectivity index (χ3v) is 4.07. The van der Waals surface area contributed by atoms with Gasteiger partial charge in [0.05, 0.1) is 11.3 Å². The van der Waals surface area contributed by atoms with E-state index in [-0.39, 0.29) is 34.8 Å². The number of pyridine rings is 1. The molecule has 3 aromatic rings. The molecule has 0 radical (unpaired) electrons. The number of nitrogen functional groups attached to an aromatic ring is 1. The zero-order valence-electron chi connectivity index (χ0n) is 15.5. The normalized spacial score (nSPS) is 9.69. The van der Waals surface area contributed by atoms with Crippen LogP contribution in [-0.4, -0.2) is 22.7 Å². The number of nitrogens with two attached hydrogens (primary N) is 2. The van der Waals surface area contributed by atoms with Gasteiger partial charge in [0.1, 0.15) is 23.5 Å². The highest BCUT2D eigenvalue weighted by Crippen LogP contribution is 2.37. The van der Waals surface area contributed by atoms with Crippen LogP contribution in [0.2, 0.25) is 0 Å². The van der Waals surface area contributed by atoms with E-state index < -0.39 is 5.82 Å². The summed E-state index contributed by atoms with van der Waals surface area (Å²) in [5.74, 6) is -0.921. The van der Waals surface area contributed by atoms with Gasteiger partial charge in [-0.1, -0.05) is 29.8 Å². The number of carbonyl (C=O) groups excluding carboxylic acids is 1. The van der Waals surface area contributed by atoms with Gasteiger partial charge in [0.15, 0.2) is 0 Å². The summed E-state index contributed by atoms with van der Waals surface area (Å²) in [6.07, 6.45) is 1.29. The molecular weight excluding hydrogens is 373 g/mol. The maximum atomic E-state index is 14.4. The van der Waals surface area contributed by atoms with Crippen molar-refractivity contribution in [1.29, 1.82) is 10.7 Å². The molecule has 0 unspecified atom stereocenters. The van der Waals surface area contributed by atoms with Gasteiger partial charge in [-0.15, -0.1) is 0 Å².